The minimum absolute atomic E-state index is 0.212. The van der Waals surface area contributed by atoms with Crippen LogP contribution in [0, 0.1) is 6.92 Å². The molecule has 6 nitrogen and oxygen atoms in total. The van der Waals surface area contributed by atoms with E-state index in [1.165, 1.54) is 4.88 Å². The zero-order valence-corrected chi connectivity index (χ0v) is 15.7. The van der Waals surface area contributed by atoms with Crippen molar-refractivity contribution in [3.05, 3.63) is 40.9 Å². The first-order valence-electron chi connectivity index (χ1n) is 7.88. The van der Waals surface area contributed by atoms with Crippen LogP contribution < -0.4 is 15.0 Å². The van der Waals surface area contributed by atoms with Gasteiger partial charge in [0, 0.05) is 18.1 Å². The van der Waals surface area contributed by atoms with Crippen molar-refractivity contribution in [3.8, 4) is 5.75 Å². The number of nitrogens with one attached hydrogen (secondary N) is 1. The van der Waals surface area contributed by atoms with Crippen molar-refractivity contribution in [2.45, 2.75) is 18.6 Å². The maximum absolute atomic E-state index is 11.6. The largest absolute Gasteiger partial charge is 0.492 e. The molecule has 0 spiro atoms. The van der Waals surface area contributed by atoms with E-state index in [9.17, 15) is 9.59 Å². The van der Waals surface area contributed by atoms with Gasteiger partial charge in [-0.05, 0) is 31.0 Å². The molecule has 2 amide bonds. The number of aryl methyl sites for hydroxylation is 1. The third-order valence-electron chi connectivity index (χ3n) is 3.74. The highest BCUT2D eigenvalue weighted by molar-refractivity contribution is 8.15. The maximum atomic E-state index is 11.6. The third kappa shape index (κ3) is 4.73. The van der Waals surface area contributed by atoms with Crippen LogP contribution in [0.25, 0.3) is 0 Å². The highest BCUT2D eigenvalue weighted by Crippen LogP contribution is 2.24. The molecule has 8 heteroatoms. The molecule has 0 radical (unpaired) electrons. The molecule has 1 aromatic carbocycles. The summed E-state index contributed by atoms with van der Waals surface area (Å²) in [6.45, 7) is 3.34. The molecule has 1 saturated heterocycles. The first kappa shape index (κ1) is 17.8. The van der Waals surface area contributed by atoms with Crippen molar-refractivity contribution in [3.63, 3.8) is 0 Å². The highest BCUT2D eigenvalue weighted by Gasteiger charge is 2.31. The number of imide groups is 1. The summed E-state index contributed by atoms with van der Waals surface area (Å²) in [5.41, 5.74) is 1.00. The van der Waals surface area contributed by atoms with Crippen LogP contribution in [-0.2, 0) is 11.2 Å². The lowest BCUT2D eigenvalue weighted by Crippen LogP contribution is -2.25. The van der Waals surface area contributed by atoms with Gasteiger partial charge in [0.1, 0.15) is 12.4 Å². The van der Waals surface area contributed by atoms with Crippen molar-refractivity contribution in [2.24, 2.45) is 0 Å². The lowest BCUT2D eigenvalue weighted by molar-refractivity contribution is -0.118. The normalized spacial score (nSPS) is 16.8. The first-order chi connectivity index (χ1) is 12.0. The van der Waals surface area contributed by atoms with Crippen molar-refractivity contribution in [1.82, 2.24) is 10.3 Å². The second-order valence-corrected chi connectivity index (χ2v) is 8.14. The maximum Gasteiger partial charge on any atom is 0.286 e. The minimum atomic E-state index is -0.338. The lowest BCUT2D eigenvalue weighted by atomic mass is 10.1. The molecular weight excluding hydrogens is 358 g/mol. The number of thiazole rings is 1. The smallest absolute Gasteiger partial charge is 0.286 e. The monoisotopic (exact) mass is 377 g/mol. The predicted octanol–water partition coefficient (Wildman–Crippen LogP) is 2.86. The van der Waals surface area contributed by atoms with Crippen LogP contribution in [0.3, 0.4) is 0 Å². The van der Waals surface area contributed by atoms with E-state index in [2.05, 4.69) is 15.2 Å². The number of thioether (sulfide) groups is 1. The van der Waals surface area contributed by atoms with Crippen LogP contribution in [0.4, 0.5) is 9.93 Å². The first-order valence-corrected chi connectivity index (χ1v) is 9.57. The summed E-state index contributed by atoms with van der Waals surface area (Å²) < 4.78 is 5.76. The average Bonchev–Trinajstić information content (AvgIpc) is 3.14. The Bertz CT molecular complexity index is 761. The lowest BCUT2D eigenvalue weighted by Gasteiger charge is -2.16. The van der Waals surface area contributed by atoms with Crippen molar-refractivity contribution < 1.29 is 14.3 Å². The number of anilines is 1. The van der Waals surface area contributed by atoms with Gasteiger partial charge in [0.2, 0.25) is 5.91 Å². The molecular formula is C17H19N3O3S2. The van der Waals surface area contributed by atoms with Crippen molar-refractivity contribution in [1.29, 1.82) is 0 Å². The Balaban J connectivity index is 1.46. The van der Waals surface area contributed by atoms with E-state index in [0.29, 0.717) is 13.0 Å². The Morgan fingerprint density at radius 1 is 1.28 bits per heavy atom. The summed E-state index contributed by atoms with van der Waals surface area (Å²) in [6.07, 6.45) is 2.40. The summed E-state index contributed by atoms with van der Waals surface area (Å²) in [4.78, 5) is 30.4. The SMILES string of the molecule is Cc1cnc(N(C)CCOc2ccc(CC3SC(=O)NC3=O)cc2)s1. The number of likely N-dealkylation sites (N-methyl/N-ethyl adjacent to an activating group) is 1. The fraction of sp³-hybridized carbons (Fsp3) is 0.353. The number of rotatable bonds is 7. The van der Waals surface area contributed by atoms with Gasteiger partial charge in [-0.1, -0.05) is 23.9 Å². The number of amides is 2. The molecule has 3 rings (SSSR count). The van der Waals surface area contributed by atoms with Gasteiger partial charge in [-0.15, -0.1) is 11.3 Å². The molecule has 2 heterocycles. The molecule has 1 aliphatic rings. The molecule has 2 aromatic rings. The van der Waals surface area contributed by atoms with Gasteiger partial charge in [-0.3, -0.25) is 14.9 Å². The summed E-state index contributed by atoms with van der Waals surface area (Å²) in [7, 11) is 2.00. The van der Waals surface area contributed by atoms with Gasteiger partial charge >= 0.3 is 0 Å². The van der Waals surface area contributed by atoms with Crippen LogP contribution in [0.1, 0.15) is 10.4 Å². The summed E-state index contributed by atoms with van der Waals surface area (Å²) in [6, 6.07) is 7.64. The Labute approximate surface area is 154 Å². The zero-order valence-electron chi connectivity index (χ0n) is 14.0. The number of hydrogen-bond donors (Lipinski definition) is 1. The van der Waals surface area contributed by atoms with Crippen molar-refractivity contribution in [2.75, 3.05) is 25.1 Å². The molecule has 1 fully saturated rings. The number of aromatic nitrogens is 1. The van der Waals surface area contributed by atoms with E-state index in [4.69, 9.17) is 4.74 Å². The van der Waals surface area contributed by atoms with Gasteiger partial charge in [-0.25, -0.2) is 4.98 Å². The average molecular weight is 377 g/mol. The van der Waals surface area contributed by atoms with Crippen LogP contribution in [0.2, 0.25) is 0 Å². The van der Waals surface area contributed by atoms with Gasteiger partial charge in [0.25, 0.3) is 5.24 Å². The van der Waals surface area contributed by atoms with E-state index in [-0.39, 0.29) is 16.4 Å². The van der Waals surface area contributed by atoms with Crippen LogP contribution >= 0.6 is 23.1 Å². The molecule has 0 saturated carbocycles. The standard InChI is InChI=1S/C17H19N3O3S2/c1-11-10-18-16(24-11)20(2)7-8-23-13-5-3-12(4-6-13)9-14-15(21)19-17(22)25-14/h3-6,10,14H,7-9H2,1-2H3,(H,19,21,22). The molecule has 0 bridgehead atoms. The van der Waals surface area contributed by atoms with Gasteiger partial charge in [0.05, 0.1) is 11.8 Å². The molecule has 1 atom stereocenters. The Morgan fingerprint density at radius 2 is 2.04 bits per heavy atom. The molecule has 0 aliphatic carbocycles. The fourth-order valence-electron chi connectivity index (χ4n) is 2.38. The van der Waals surface area contributed by atoms with Crippen LogP contribution in [0.5, 0.6) is 5.75 Å². The summed E-state index contributed by atoms with van der Waals surface area (Å²) >= 11 is 2.71. The number of carbonyl (C=O) groups is 2. The number of benzene rings is 1. The molecule has 1 aliphatic heterocycles. The van der Waals surface area contributed by atoms with E-state index < -0.39 is 0 Å². The molecule has 1 N–H and O–H groups in total. The predicted molar refractivity (Wildman–Crippen MR) is 101 cm³/mol. The second kappa shape index (κ2) is 7.88. The minimum Gasteiger partial charge on any atom is -0.492 e. The molecule has 1 aromatic heterocycles. The fourth-order valence-corrected chi connectivity index (χ4v) is 3.98. The Kier molecular flexibility index (Phi) is 5.60. The molecule has 1 unspecified atom stereocenters. The number of hydrogen-bond acceptors (Lipinski definition) is 7. The summed E-state index contributed by atoms with van der Waals surface area (Å²) in [5.74, 6) is 0.572. The van der Waals surface area contributed by atoms with Gasteiger partial charge in [0.15, 0.2) is 5.13 Å². The van der Waals surface area contributed by atoms with Crippen molar-refractivity contribution >= 4 is 39.4 Å². The van der Waals surface area contributed by atoms with Crippen LogP contribution in [-0.4, -0.2) is 41.6 Å². The van der Waals surface area contributed by atoms with Gasteiger partial charge < -0.3 is 9.64 Å². The van der Waals surface area contributed by atoms with E-state index in [1.807, 2.05) is 44.4 Å². The Hall–Kier alpha value is -2.06. The Morgan fingerprint density at radius 3 is 2.64 bits per heavy atom. The van der Waals surface area contributed by atoms with E-state index >= 15 is 0 Å². The molecule has 132 valence electrons. The van der Waals surface area contributed by atoms with E-state index in [0.717, 1.165) is 34.8 Å². The quantitative estimate of drug-likeness (QED) is 0.800. The molecule has 25 heavy (non-hydrogen) atoms. The third-order valence-corrected chi connectivity index (χ3v) is 5.75. The number of nitrogens with zero attached hydrogens (tertiary/aromatic N) is 2. The second-order valence-electron chi connectivity index (χ2n) is 5.75. The topological polar surface area (TPSA) is 71.5 Å². The van der Waals surface area contributed by atoms with Crippen LogP contribution in [0.15, 0.2) is 30.5 Å². The number of carbonyl (C=O) groups excluding carboxylic acids is 2. The zero-order chi connectivity index (χ0) is 17.8. The van der Waals surface area contributed by atoms with Gasteiger partial charge in [-0.2, -0.15) is 0 Å². The highest BCUT2D eigenvalue weighted by atomic mass is 32.2. The number of ether oxygens (including phenoxy) is 1. The summed E-state index contributed by atoms with van der Waals surface area (Å²) in [5, 5.41) is 2.68. The van der Waals surface area contributed by atoms with E-state index in [1.54, 1.807) is 11.3 Å².